The second-order valence-electron chi connectivity index (χ2n) is 11.6. The first-order valence-corrected chi connectivity index (χ1v) is 14.3. The second-order valence-corrected chi connectivity index (χ2v) is 11.6. The maximum Gasteiger partial charge on any atom is 0.271 e. The van der Waals surface area contributed by atoms with E-state index in [0.29, 0.717) is 37.4 Å². The Morgan fingerprint density at radius 3 is 2.74 bits per heavy atom. The summed E-state index contributed by atoms with van der Waals surface area (Å²) < 4.78 is 5.46. The molecule has 2 aromatic rings. The Morgan fingerprint density at radius 1 is 1.15 bits per heavy atom. The van der Waals surface area contributed by atoms with Gasteiger partial charge in [-0.3, -0.25) is 19.2 Å². The first kappa shape index (κ1) is 25.7. The Morgan fingerprint density at radius 2 is 2.00 bits per heavy atom. The van der Waals surface area contributed by atoms with E-state index in [9.17, 15) is 19.2 Å². The molecule has 3 heterocycles. The zero-order chi connectivity index (χ0) is 27.1. The van der Waals surface area contributed by atoms with Crippen LogP contribution in [-0.2, 0) is 14.4 Å². The summed E-state index contributed by atoms with van der Waals surface area (Å²) in [7, 11) is 1.60. The molecular formula is C29H37N5O5. The third-order valence-electron chi connectivity index (χ3n) is 8.95. The van der Waals surface area contributed by atoms with E-state index in [1.54, 1.807) is 18.1 Å². The van der Waals surface area contributed by atoms with Crippen LogP contribution >= 0.6 is 0 Å². The fraction of sp³-hybridized carbons (Fsp3) is 0.586. The molecule has 208 valence electrons. The first-order valence-electron chi connectivity index (χ1n) is 14.3. The monoisotopic (exact) mass is 535 g/mol. The van der Waals surface area contributed by atoms with Gasteiger partial charge in [0.2, 0.25) is 17.7 Å². The maximum absolute atomic E-state index is 13.9. The van der Waals surface area contributed by atoms with Crippen molar-refractivity contribution in [3.05, 3.63) is 30.0 Å². The standard InChI is InChI=1S/C29H37N5O5/c1-39-24-7-3-6-22-21(24)14-23(33-22)29(38)34-15-17-4-2-5-20(17)26(34)28(37)32-19(12-16-10-11-30-27(16)36)13-25(35)31-18-8-9-18/h3,6-7,14,16-20,26,33H,2,4-5,8-13,15H2,1H3,(H,30,36)(H,31,35)(H,32,37)/t16-,17-,19-,20-,26-/m0/s1. The maximum atomic E-state index is 13.9. The Kier molecular flexibility index (Phi) is 6.95. The molecule has 6 rings (SSSR count). The third kappa shape index (κ3) is 5.21. The van der Waals surface area contributed by atoms with Crippen LogP contribution in [0.1, 0.15) is 61.9 Å². The van der Waals surface area contributed by atoms with Crippen LogP contribution in [-0.4, -0.2) is 71.8 Å². The number of ether oxygens (including phenoxy) is 1. The van der Waals surface area contributed by atoms with Crippen LogP contribution in [0.2, 0.25) is 0 Å². The van der Waals surface area contributed by atoms with Crippen molar-refractivity contribution in [1.29, 1.82) is 0 Å². The molecule has 4 amide bonds. The predicted molar refractivity (Wildman–Crippen MR) is 144 cm³/mol. The number of hydrogen-bond donors (Lipinski definition) is 4. The number of fused-ring (bicyclic) bond motifs is 2. The minimum atomic E-state index is -0.607. The van der Waals surface area contributed by atoms with Crippen molar-refractivity contribution < 1.29 is 23.9 Å². The number of amides is 4. The number of rotatable bonds is 9. The Labute approximate surface area is 227 Å². The highest BCUT2D eigenvalue weighted by Crippen LogP contribution is 2.43. The van der Waals surface area contributed by atoms with Gasteiger partial charge in [0.25, 0.3) is 5.91 Å². The third-order valence-corrected chi connectivity index (χ3v) is 8.95. The minimum absolute atomic E-state index is 0.0281. The largest absolute Gasteiger partial charge is 0.496 e. The summed E-state index contributed by atoms with van der Waals surface area (Å²) in [5.74, 6) is 0.245. The predicted octanol–water partition coefficient (Wildman–Crippen LogP) is 2.10. The molecule has 2 aliphatic carbocycles. The highest BCUT2D eigenvalue weighted by atomic mass is 16.5. The molecule has 2 aliphatic heterocycles. The lowest BCUT2D eigenvalue weighted by atomic mass is 9.92. The van der Waals surface area contributed by atoms with Crippen LogP contribution in [0.25, 0.3) is 10.9 Å². The molecule has 1 aromatic heterocycles. The van der Waals surface area contributed by atoms with E-state index < -0.39 is 12.1 Å². The molecule has 4 aliphatic rings. The van der Waals surface area contributed by atoms with E-state index in [1.165, 1.54) is 0 Å². The van der Waals surface area contributed by atoms with Gasteiger partial charge in [0, 0.05) is 48.4 Å². The van der Waals surface area contributed by atoms with Crippen molar-refractivity contribution in [2.45, 2.75) is 69.5 Å². The average Bonchev–Trinajstić information content (AvgIpc) is 3.26. The summed E-state index contributed by atoms with van der Waals surface area (Å²) in [5.41, 5.74) is 1.23. The van der Waals surface area contributed by atoms with Crippen molar-refractivity contribution in [1.82, 2.24) is 25.8 Å². The number of nitrogens with zero attached hydrogens (tertiary/aromatic N) is 1. The fourth-order valence-electron chi connectivity index (χ4n) is 6.86. The molecule has 5 atom stereocenters. The van der Waals surface area contributed by atoms with E-state index in [-0.39, 0.29) is 53.8 Å². The van der Waals surface area contributed by atoms with Gasteiger partial charge >= 0.3 is 0 Å². The van der Waals surface area contributed by atoms with Gasteiger partial charge < -0.3 is 30.6 Å². The number of likely N-dealkylation sites (tertiary alicyclic amines) is 1. The number of aromatic nitrogens is 1. The summed E-state index contributed by atoms with van der Waals surface area (Å²) in [6, 6.07) is 6.56. The van der Waals surface area contributed by atoms with Crippen LogP contribution < -0.4 is 20.7 Å². The van der Waals surface area contributed by atoms with Crippen molar-refractivity contribution in [3.8, 4) is 5.75 Å². The number of benzene rings is 1. The van der Waals surface area contributed by atoms with Crippen LogP contribution in [0, 0.1) is 17.8 Å². The highest BCUT2D eigenvalue weighted by Gasteiger charge is 2.50. The van der Waals surface area contributed by atoms with Crippen LogP contribution in [0.3, 0.4) is 0 Å². The molecule has 4 N–H and O–H groups in total. The number of nitrogens with one attached hydrogen (secondary N) is 4. The molecule has 0 bridgehead atoms. The SMILES string of the molecule is COc1cccc2[nH]c(C(=O)N3C[C@@H]4CCC[C@@H]4[C@H]3C(=O)N[C@H](CC(=O)NC3CC3)C[C@@H]3CCNC3=O)cc12. The summed E-state index contributed by atoms with van der Waals surface area (Å²) in [6.07, 6.45) is 6.12. The highest BCUT2D eigenvalue weighted by molar-refractivity contribution is 6.02. The molecule has 2 saturated heterocycles. The van der Waals surface area contributed by atoms with Gasteiger partial charge in [0.05, 0.1) is 7.11 Å². The van der Waals surface area contributed by atoms with Gasteiger partial charge in [-0.1, -0.05) is 12.5 Å². The van der Waals surface area contributed by atoms with Crippen LogP contribution in [0.5, 0.6) is 5.75 Å². The topological polar surface area (TPSA) is 133 Å². The van der Waals surface area contributed by atoms with Gasteiger partial charge in [0.1, 0.15) is 17.5 Å². The van der Waals surface area contributed by atoms with Gasteiger partial charge in [-0.05, 0) is 68.6 Å². The summed E-state index contributed by atoms with van der Waals surface area (Å²) in [5, 5.41) is 9.79. The summed E-state index contributed by atoms with van der Waals surface area (Å²) >= 11 is 0. The zero-order valence-electron chi connectivity index (χ0n) is 22.3. The molecule has 0 radical (unpaired) electrons. The average molecular weight is 536 g/mol. The van der Waals surface area contributed by atoms with Gasteiger partial charge in [0.15, 0.2) is 0 Å². The Hall–Kier alpha value is -3.56. The van der Waals surface area contributed by atoms with Gasteiger partial charge in [-0.2, -0.15) is 0 Å². The lowest BCUT2D eigenvalue weighted by Crippen LogP contribution is -2.52. The number of aromatic amines is 1. The van der Waals surface area contributed by atoms with E-state index in [2.05, 4.69) is 20.9 Å². The van der Waals surface area contributed by atoms with Crippen molar-refractivity contribution in [3.63, 3.8) is 0 Å². The fourth-order valence-corrected chi connectivity index (χ4v) is 6.86. The molecule has 10 heteroatoms. The zero-order valence-corrected chi connectivity index (χ0v) is 22.3. The molecule has 4 fully saturated rings. The number of carbonyl (C=O) groups is 4. The lowest BCUT2D eigenvalue weighted by Gasteiger charge is -2.29. The first-order chi connectivity index (χ1) is 18.9. The molecule has 1 aromatic carbocycles. The number of H-pyrrole nitrogens is 1. The quantitative estimate of drug-likeness (QED) is 0.390. The van der Waals surface area contributed by atoms with E-state index in [0.717, 1.165) is 43.0 Å². The van der Waals surface area contributed by atoms with Crippen molar-refractivity contribution >= 4 is 34.5 Å². The normalized spacial score (nSPS) is 26.8. The number of methoxy groups -OCH3 is 1. The summed E-state index contributed by atoms with van der Waals surface area (Å²) in [4.78, 5) is 57.7. The van der Waals surface area contributed by atoms with Gasteiger partial charge in [-0.15, -0.1) is 0 Å². The molecule has 0 spiro atoms. The minimum Gasteiger partial charge on any atom is -0.496 e. The van der Waals surface area contributed by atoms with Gasteiger partial charge in [-0.25, -0.2) is 0 Å². The molecule has 2 saturated carbocycles. The van der Waals surface area contributed by atoms with E-state index in [4.69, 9.17) is 4.74 Å². The van der Waals surface area contributed by atoms with Crippen LogP contribution in [0.4, 0.5) is 0 Å². The second kappa shape index (κ2) is 10.5. The van der Waals surface area contributed by atoms with Crippen molar-refractivity contribution in [2.24, 2.45) is 17.8 Å². The van der Waals surface area contributed by atoms with Crippen LogP contribution in [0.15, 0.2) is 24.3 Å². The molecule has 10 nitrogen and oxygen atoms in total. The number of hydrogen-bond acceptors (Lipinski definition) is 5. The van der Waals surface area contributed by atoms with E-state index >= 15 is 0 Å². The summed E-state index contributed by atoms with van der Waals surface area (Å²) in [6.45, 7) is 1.15. The number of carbonyl (C=O) groups excluding carboxylic acids is 4. The Balaban J connectivity index is 1.22. The Bertz CT molecular complexity index is 1290. The smallest absolute Gasteiger partial charge is 0.271 e. The van der Waals surface area contributed by atoms with E-state index in [1.807, 2.05) is 18.2 Å². The van der Waals surface area contributed by atoms with Crippen molar-refractivity contribution in [2.75, 3.05) is 20.2 Å². The molecule has 0 unspecified atom stereocenters. The lowest BCUT2D eigenvalue weighted by molar-refractivity contribution is -0.129. The molecular weight excluding hydrogens is 498 g/mol. The molecule has 39 heavy (non-hydrogen) atoms.